The lowest BCUT2D eigenvalue weighted by Gasteiger charge is -2.09. The van der Waals surface area contributed by atoms with Crippen molar-refractivity contribution in [2.24, 2.45) is 0 Å². The Kier molecular flexibility index (Phi) is 6.87. The summed E-state index contributed by atoms with van der Waals surface area (Å²) in [5.41, 5.74) is 3.48. The minimum Gasteiger partial charge on any atom is -0.355 e. The van der Waals surface area contributed by atoms with Crippen LogP contribution in [0.4, 0.5) is 10.8 Å². The zero-order valence-corrected chi connectivity index (χ0v) is 17.9. The molecule has 1 atom stereocenters. The van der Waals surface area contributed by atoms with Gasteiger partial charge in [0.1, 0.15) is 0 Å². The molecule has 0 fully saturated rings. The molecule has 1 unspecified atom stereocenters. The number of amides is 1. The topological polar surface area (TPSA) is 66.9 Å². The molecule has 2 N–H and O–H groups in total. The first-order chi connectivity index (χ1) is 13.0. The molecular formula is C19H22N4OS3. The van der Waals surface area contributed by atoms with E-state index >= 15 is 0 Å². The van der Waals surface area contributed by atoms with E-state index in [0.717, 1.165) is 21.6 Å². The number of carbonyl (C=O) groups is 1. The highest BCUT2D eigenvalue weighted by atomic mass is 32.2. The highest BCUT2D eigenvalue weighted by molar-refractivity contribution is 8.02. The third kappa shape index (κ3) is 5.79. The zero-order valence-electron chi connectivity index (χ0n) is 15.5. The van der Waals surface area contributed by atoms with Gasteiger partial charge in [-0.2, -0.15) is 0 Å². The molecule has 0 saturated carbocycles. The molecule has 0 bridgehead atoms. The van der Waals surface area contributed by atoms with Crippen molar-refractivity contribution in [3.05, 3.63) is 51.7 Å². The number of benzene rings is 1. The van der Waals surface area contributed by atoms with E-state index in [1.54, 1.807) is 11.3 Å². The second kappa shape index (κ2) is 9.34. The Morgan fingerprint density at radius 1 is 1.22 bits per heavy atom. The minimum absolute atomic E-state index is 0.0235. The van der Waals surface area contributed by atoms with Crippen LogP contribution in [0.3, 0.4) is 0 Å². The first-order valence-corrected chi connectivity index (χ1v) is 11.2. The van der Waals surface area contributed by atoms with Crippen molar-refractivity contribution < 1.29 is 4.79 Å². The van der Waals surface area contributed by atoms with Crippen LogP contribution in [0, 0.1) is 13.8 Å². The van der Waals surface area contributed by atoms with E-state index < -0.39 is 0 Å². The maximum Gasteiger partial charge on any atom is 0.233 e. The van der Waals surface area contributed by atoms with Gasteiger partial charge in [0.2, 0.25) is 11.0 Å². The van der Waals surface area contributed by atoms with Gasteiger partial charge in [0.05, 0.1) is 5.25 Å². The maximum atomic E-state index is 12.3. The fraction of sp³-hybridized carbons (Fsp3) is 0.316. The number of anilines is 2. The highest BCUT2D eigenvalue weighted by Crippen LogP contribution is 2.30. The van der Waals surface area contributed by atoms with E-state index in [4.69, 9.17) is 0 Å². The normalized spacial score (nSPS) is 12.0. The number of aryl methyl sites for hydroxylation is 2. The number of carbonyl (C=O) groups excluding carboxylic acids is 1. The second-order valence-corrected chi connectivity index (χ2v) is 9.78. The summed E-state index contributed by atoms with van der Waals surface area (Å²) in [6.07, 6.45) is 0.865. The van der Waals surface area contributed by atoms with Crippen LogP contribution in [-0.2, 0) is 11.2 Å². The summed E-state index contributed by atoms with van der Waals surface area (Å²) in [7, 11) is 0. The molecular weight excluding hydrogens is 396 g/mol. The number of nitrogens with zero attached hydrogens (tertiary/aromatic N) is 2. The standard InChI is InChI=1S/C19H22N4OS3/c1-12-6-7-15(11-13(12)2)21-18-22-23-19(27-18)26-14(3)17(24)20-9-8-16-5-4-10-25-16/h4-7,10-11,14H,8-9H2,1-3H3,(H,20,24)(H,21,22). The first-order valence-electron chi connectivity index (χ1n) is 8.66. The highest BCUT2D eigenvalue weighted by Gasteiger charge is 2.17. The van der Waals surface area contributed by atoms with Gasteiger partial charge in [-0.25, -0.2) is 0 Å². The Hall–Kier alpha value is -1.90. The molecule has 27 heavy (non-hydrogen) atoms. The summed E-state index contributed by atoms with van der Waals surface area (Å²) in [6.45, 7) is 6.72. The molecule has 142 valence electrons. The van der Waals surface area contributed by atoms with Crippen LogP contribution in [0.5, 0.6) is 0 Å². The molecule has 3 rings (SSSR count). The van der Waals surface area contributed by atoms with Gasteiger partial charge in [-0.15, -0.1) is 21.5 Å². The van der Waals surface area contributed by atoms with E-state index in [-0.39, 0.29) is 11.2 Å². The molecule has 0 spiro atoms. The molecule has 1 amide bonds. The molecule has 3 aromatic rings. The predicted molar refractivity (Wildman–Crippen MR) is 115 cm³/mol. The quantitative estimate of drug-likeness (QED) is 0.514. The smallest absolute Gasteiger partial charge is 0.233 e. The molecule has 0 saturated heterocycles. The van der Waals surface area contributed by atoms with Crippen molar-refractivity contribution in [2.75, 3.05) is 11.9 Å². The summed E-state index contributed by atoms with van der Waals surface area (Å²) in [5.74, 6) is 0.0235. The van der Waals surface area contributed by atoms with Crippen LogP contribution in [0.2, 0.25) is 0 Å². The molecule has 2 aromatic heterocycles. The Bertz CT molecular complexity index is 892. The third-order valence-corrected chi connectivity index (χ3v) is 7.02. The fourth-order valence-corrected chi connectivity index (χ4v) is 5.01. The van der Waals surface area contributed by atoms with E-state index in [2.05, 4.69) is 58.3 Å². The third-order valence-electron chi connectivity index (χ3n) is 4.06. The first kappa shape index (κ1) is 19.9. The predicted octanol–water partition coefficient (Wildman–Crippen LogP) is 4.80. The molecule has 0 aliphatic rings. The van der Waals surface area contributed by atoms with E-state index in [0.29, 0.717) is 6.54 Å². The Morgan fingerprint density at radius 3 is 2.81 bits per heavy atom. The van der Waals surface area contributed by atoms with Gasteiger partial charge in [0.25, 0.3) is 0 Å². The van der Waals surface area contributed by atoms with Crippen LogP contribution < -0.4 is 10.6 Å². The van der Waals surface area contributed by atoms with Gasteiger partial charge in [-0.05, 0) is 61.9 Å². The number of hydrogen-bond donors (Lipinski definition) is 2. The van der Waals surface area contributed by atoms with Crippen molar-refractivity contribution in [2.45, 2.75) is 36.8 Å². The van der Waals surface area contributed by atoms with E-state index in [1.165, 1.54) is 39.1 Å². The van der Waals surface area contributed by atoms with Crippen LogP contribution in [0.15, 0.2) is 40.1 Å². The van der Waals surface area contributed by atoms with Crippen molar-refractivity contribution in [1.29, 1.82) is 0 Å². The van der Waals surface area contributed by atoms with Crippen molar-refractivity contribution in [3.8, 4) is 0 Å². The Morgan fingerprint density at radius 2 is 2.07 bits per heavy atom. The van der Waals surface area contributed by atoms with Gasteiger partial charge in [0, 0.05) is 17.1 Å². The maximum absolute atomic E-state index is 12.3. The number of hydrogen-bond acceptors (Lipinski definition) is 7. The molecule has 5 nitrogen and oxygen atoms in total. The average Bonchev–Trinajstić information content (AvgIpc) is 3.30. The van der Waals surface area contributed by atoms with E-state index in [1.807, 2.05) is 19.1 Å². The summed E-state index contributed by atoms with van der Waals surface area (Å²) in [6, 6.07) is 10.3. The molecule has 8 heteroatoms. The van der Waals surface area contributed by atoms with Crippen LogP contribution >= 0.6 is 34.4 Å². The molecule has 1 aromatic carbocycles. The average molecular weight is 419 g/mol. The zero-order chi connectivity index (χ0) is 19.2. The number of aromatic nitrogens is 2. The van der Waals surface area contributed by atoms with Gasteiger partial charge < -0.3 is 10.6 Å². The van der Waals surface area contributed by atoms with Crippen LogP contribution in [0.25, 0.3) is 0 Å². The fourth-order valence-electron chi connectivity index (χ4n) is 2.36. The lowest BCUT2D eigenvalue weighted by molar-refractivity contribution is -0.120. The van der Waals surface area contributed by atoms with Crippen molar-refractivity contribution >= 4 is 51.2 Å². The SMILES string of the molecule is Cc1ccc(Nc2nnc(SC(C)C(=O)NCCc3cccs3)s2)cc1C. The van der Waals surface area contributed by atoms with Crippen molar-refractivity contribution in [3.63, 3.8) is 0 Å². The number of thioether (sulfide) groups is 1. The Labute approximate surface area is 171 Å². The lowest BCUT2D eigenvalue weighted by Crippen LogP contribution is -2.32. The summed E-state index contributed by atoms with van der Waals surface area (Å²) in [5, 5.41) is 17.2. The number of nitrogens with one attached hydrogen (secondary N) is 2. The molecule has 0 radical (unpaired) electrons. The Balaban J connectivity index is 1.48. The number of rotatable bonds is 8. The van der Waals surface area contributed by atoms with Crippen molar-refractivity contribution in [1.82, 2.24) is 15.5 Å². The minimum atomic E-state index is -0.212. The largest absolute Gasteiger partial charge is 0.355 e. The monoisotopic (exact) mass is 418 g/mol. The van der Waals surface area contributed by atoms with Crippen LogP contribution in [-0.4, -0.2) is 27.9 Å². The van der Waals surface area contributed by atoms with Crippen LogP contribution in [0.1, 0.15) is 22.9 Å². The lowest BCUT2D eigenvalue weighted by atomic mass is 10.1. The number of thiophene rings is 1. The summed E-state index contributed by atoms with van der Waals surface area (Å²) in [4.78, 5) is 13.5. The van der Waals surface area contributed by atoms with Gasteiger partial charge in [-0.1, -0.05) is 35.2 Å². The van der Waals surface area contributed by atoms with Gasteiger partial charge in [-0.3, -0.25) is 4.79 Å². The molecule has 0 aliphatic heterocycles. The summed E-state index contributed by atoms with van der Waals surface area (Å²) >= 11 is 4.60. The summed E-state index contributed by atoms with van der Waals surface area (Å²) < 4.78 is 0.780. The molecule has 2 heterocycles. The van der Waals surface area contributed by atoms with Gasteiger partial charge >= 0.3 is 0 Å². The molecule has 0 aliphatic carbocycles. The van der Waals surface area contributed by atoms with E-state index in [9.17, 15) is 4.79 Å². The second-order valence-electron chi connectivity index (χ2n) is 6.18. The van der Waals surface area contributed by atoms with Gasteiger partial charge in [0.15, 0.2) is 4.34 Å².